The van der Waals surface area contributed by atoms with E-state index in [1.165, 1.54) is 24.2 Å². The van der Waals surface area contributed by atoms with E-state index in [-0.39, 0.29) is 12.5 Å². The fourth-order valence-electron chi connectivity index (χ4n) is 0.877. The average Bonchev–Trinajstić information content (AvgIpc) is 2.03. The second-order valence-electron chi connectivity index (χ2n) is 2.54. The zero-order valence-electron chi connectivity index (χ0n) is 7.11. The molecule has 0 saturated heterocycles. The first-order chi connectivity index (χ1) is 6.09. The number of hydrogen-bond acceptors (Lipinski definition) is 4. The zero-order chi connectivity index (χ0) is 9.84. The molecule has 0 aliphatic rings. The lowest BCUT2D eigenvalue weighted by Gasteiger charge is -2.16. The van der Waals surface area contributed by atoms with Crippen LogP contribution in [-0.4, -0.2) is 30.0 Å². The minimum absolute atomic E-state index is 0.0821. The summed E-state index contributed by atoms with van der Waals surface area (Å²) in [6, 6.07) is 1.53. The predicted octanol–water partition coefficient (Wildman–Crippen LogP) is 0.760. The highest BCUT2D eigenvalue weighted by atomic mass is 19.3. The Kier molecular flexibility index (Phi) is 2.94. The molecule has 0 bridgehead atoms. The van der Waals surface area contributed by atoms with Crippen molar-refractivity contribution < 1.29 is 8.78 Å². The summed E-state index contributed by atoms with van der Waals surface area (Å²) in [6.45, 7) is -0.365. The first-order valence-corrected chi connectivity index (χ1v) is 3.67. The summed E-state index contributed by atoms with van der Waals surface area (Å²) in [6.07, 6.45) is -0.958. The third-order valence-electron chi connectivity index (χ3n) is 1.46. The van der Waals surface area contributed by atoms with E-state index in [9.17, 15) is 8.78 Å². The molecule has 2 N–H and O–H groups in total. The predicted molar refractivity (Wildman–Crippen MR) is 45.7 cm³/mol. The SMILES string of the molecule is CN(CC(F)F)c1ccnc(N)n1. The summed E-state index contributed by atoms with van der Waals surface area (Å²) in [5.74, 6) is 0.478. The van der Waals surface area contributed by atoms with Crippen LogP contribution in [0.15, 0.2) is 12.3 Å². The van der Waals surface area contributed by atoms with Crippen LogP contribution in [0.2, 0.25) is 0 Å². The molecule has 6 heteroatoms. The van der Waals surface area contributed by atoms with Crippen LogP contribution in [0.3, 0.4) is 0 Å². The summed E-state index contributed by atoms with van der Waals surface area (Å²) in [5.41, 5.74) is 5.29. The summed E-state index contributed by atoms with van der Waals surface area (Å²) < 4.78 is 23.9. The lowest BCUT2D eigenvalue weighted by atomic mass is 10.5. The molecule has 0 atom stereocenters. The molecule has 1 aromatic rings. The molecule has 0 aliphatic heterocycles. The number of anilines is 2. The van der Waals surface area contributed by atoms with Gasteiger partial charge in [-0.15, -0.1) is 0 Å². The molecule has 0 saturated carbocycles. The van der Waals surface area contributed by atoms with Crippen molar-refractivity contribution in [2.24, 2.45) is 0 Å². The molecular formula is C7H10F2N4. The van der Waals surface area contributed by atoms with E-state index in [0.29, 0.717) is 5.82 Å². The van der Waals surface area contributed by atoms with Gasteiger partial charge in [0, 0.05) is 13.2 Å². The van der Waals surface area contributed by atoms with Gasteiger partial charge < -0.3 is 10.6 Å². The number of alkyl halides is 2. The van der Waals surface area contributed by atoms with Gasteiger partial charge >= 0.3 is 0 Å². The van der Waals surface area contributed by atoms with Crippen LogP contribution < -0.4 is 10.6 Å². The van der Waals surface area contributed by atoms with E-state index in [1.807, 2.05) is 0 Å². The van der Waals surface area contributed by atoms with E-state index in [4.69, 9.17) is 5.73 Å². The lowest BCUT2D eigenvalue weighted by molar-refractivity contribution is 0.156. The summed E-state index contributed by atoms with van der Waals surface area (Å²) >= 11 is 0. The highest BCUT2D eigenvalue weighted by Crippen LogP contribution is 2.09. The third-order valence-corrected chi connectivity index (χ3v) is 1.46. The van der Waals surface area contributed by atoms with Gasteiger partial charge in [0.1, 0.15) is 5.82 Å². The Morgan fingerprint density at radius 1 is 1.62 bits per heavy atom. The van der Waals surface area contributed by atoms with E-state index >= 15 is 0 Å². The molecule has 13 heavy (non-hydrogen) atoms. The van der Waals surface area contributed by atoms with E-state index in [0.717, 1.165) is 0 Å². The summed E-state index contributed by atoms with van der Waals surface area (Å²) in [7, 11) is 1.52. The Labute approximate surface area is 74.4 Å². The number of aromatic nitrogens is 2. The molecule has 0 unspecified atom stereocenters. The van der Waals surface area contributed by atoms with E-state index in [2.05, 4.69) is 9.97 Å². The van der Waals surface area contributed by atoms with Crippen LogP contribution in [0.25, 0.3) is 0 Å². The van der Waals surface area contributed by atoms with Crippen LogP contribution >= 0.6 is 0 Å². The topological polar surface area (TPSA) is 55.0 Å². The minimum atomic E-state index is -2.39. The number of nitrogens with zero attached hydrogens (tertiary/aromatic N) is 3. The van der Waals surface area contributed by atoms with Crippen LogP contribution in [0, 0.1) is 0 Å². The van der Waals surface area contributed by atoms with Crippen molar-refractivity contribution in [3.05, 3.63) is 12.3 Å². The van der Waals surface area contributed by atoms with Crippen molar-refractivity contribution in [2.75, 3.05) is 24.2 Å². The standard InChI is InChI=1S/C7H10F2N4/c1-13(4-5(8)9)6-2-3-11-7(10)12-6/h2-3,5H,4H2,1H3,(H2,10,11,12). The van der Waals surface area contributed by atoms with Gasteiger partial charge in [-0.3, -0.25) is 0 Å². The molecule has 1 rings (SSSR count). The fraction of sp³-hybridized carbons (Fsp3) is 0.429. The molecule has 0 fully saturated rings. The van der Waals surface area contributed by atoms with E-state index in [1.54, 1.807) is 0 Å². The Bertz CT molecular complexity index is 279. The van der Waals surface area contributed by atoms with Gasteiger partial charge in [-0.25, -0.2) is 13.8 Å². The largest absolute Gasteiger partial charge is 0.368 e. The highest BCUT2D eigenvalue weighted by molar-refractivity contribution is 5.39. The molecule has 0 radical (unpaired) electrons. The number of nitrogens with two attached hydrogens (primary N) is 1. The Hall–Kier alpha value is -1.46. The van der Waals surface area contributed by atoms with Gasteiger partial charge in [0.15, 0.2) is 0 Å². The summed E-state index contributed by atoms with van der Waals surface area (Å²) in [5, 5.41) is 0. The summed E-state index contributed by atoms with van der Waals surface area (Å²) in [4.78, 5) is 8.76. The maximum atomic E-state index is 12.0. The normalized spacial score (nSPS) is 10.5. The molecule has 0 aliphatic carbocycles. The maximum Gasteiger partial charge on any atom is 0.255 e. The van der Waals surface area contributed by atoms with Crippen LogP contribution in [0.4, 0.5) is 20.5 Å². The highest BCUT2D eigenvalue weighted by Gasteiger charge is 2.09. The molecule has 0 amide bonds. The van der Waals surface area contributed by atoms with Gasteiger partial charge in [-0.2, -0.15) is 4.98 Å². The lowest BCUT2D eigenvalue weighted by Crippen LogP contribution is -2.25. The molecular weight excluding hydrogens is 178 g/mol. The maximum absolute atomic E-state index is 12.0. The third kappa shape index (κ3) is 2.81. The minimum Gasteiger partial charge on any atom is -0.368 e. The Balaban J connectivity index is 2.71. The molecule has 4 nitrogen and oxygen atoms in total. The van der Waals surface area contributed by atoms with E-state index < -0.39 is 6.43 Å². The first kappa shape index (κ1) is 9.63. The van der Waals surface area contributed by atoms with Crippen molar-refractivity contribution in [3.8, 4) is 0 Å². The second-order valence-corrected chi connectivity index (χ2v) is 2.54. The van der Waals surface area contributed by atoms with Crippen molar-refractivity contribution >= 4 is 11.8 Å². The molecule has 0 spiro atoms. The van der Waals surface area contributed by atoms with Gasteiger partial charge in [-0.1, -0.05) is 0 Å². The molecule has 1 heterocycles. The van der Waals surface area contributed by atoms with Gasteiger partial charge in [0.2, 0.25) is 5.95 Å². The fourth-order valence-corrected chi connectivity index (χ4v) is 0.877. The van der Waals surface area contributed by atoms with Crippen molar-refractivity contribution in [1.29, 1.82) is 0 Å². The van der Waals surface area contributed by atoms with Crippen LogP contribution in [0.5, 0.6) is 0 Å². The van der Waals surface area contributed by atoms with Crippen LogP contribution in [-0.2, 0) is 0 Å². The van der Waals surface area contributed by atoms with Gasteiger partial charge in [-0.05, 0) is 6.07 Å². The number of rotatable bonds is 3. The Morgan fingerprint density at radius 2 is 2.31 bits per heavy atom. The molecule has 0 aromatic carbocycles. The van der Waals surface area contributed by atoms with Crippen LogP contribution in [0.1, 0.15) is 0 Å². The number of hydrogen-bond donors (Lipinski definition) is 1. The number of nitrogen functional groups attached to an aromatic ring is 1. The van der Waals surface area contributed by atoms with Gasteiger partial charge in [0.25, 0.3) is 6.43 Å². The van der Waals surface area contributed by atoms with Crippen molar-refractivity contribution in [1.82, 2.24) is 9.97 Å². The molecule has 72 valence electrons. The second kappa shape index (κ2) is 3.97. The molecule has 1 aromatic heterocycles. The Morgan fingerprint density at radius 3 is 2.85 bits per heavy atom. The van der Waals surface area contributed by atoms with Gasteiger partial charge in [0.05, 0.1) is 6.54 Å². The van der Waals surface area contributed by atoms with Crippen molar-refractivity contribution in [2.45, 2.75) is 6.43 Å². The average molecular weight is 188 g/mol. The first-order valence-electron chi connectivity index (χ1n) is 3.67. The number of halogens is 2. The quantitative estimate of drug-likeness (QED) is 0.760. The monoisotopic (exact) mass is 188 g/mol. The smallest absolute Gasteiger partial charge is 0.255 e. The zero-order valence-corrected chi connectivity index (χ0v) is 7.11. The van der Waals surface area contributed by atoms with Crippen molar-refractivity contribution in [3.63, 3.8) is 0 Å².